The van der Waals surface area contributed by atoms with E-state index in [2.05, 4.69) is 10.6 Å². The summed E-state index contributed by atoms with van der Waals surface area (Å²) in [7, 11) is 0. The largest absolute Gasteiger partial charge is 0.394 e. The van der Waals surface area contributed by atoms with E-state index in [9.17, 15) is 19.7 Å². The minimum absolute atomic E-state index is 0.0388. The van der Waals surface area contributed by atoms with Crippen LogP contribution in [0.25, 0.3) is 0 Å². The van der Waals surface area contributed by atoms with Crippen molar-refractivity contribution in [1.82, 2.24) is 5.32 Å². The number of non-ortho nitro benzene ring substituents is 1. The van der Waals surface area contributed by atoms with Crippen molar-refractivity contribution >= 4 is 34.8 Å². The fourth-order valence-corrected chi connectivity index (χ4v) is 1.59. The lowest BCUT2D eigenvalue weighted by Gasteiger charge is -2.13. The minimum atomic E-state index is -1.02. The number of carbonyl (C=O) groups is 2. The monoisotopic (exact) mass is 315 g/mol. The smallest absolute Gasteiger partial charge is 0.313 e. The summed E-state index contributed by atoms with van der Waals surface area (Å²) in [6, 6.07) is 2.94. The number of hydrogen-bond donors (Lipinski definition) is 3. The van der Waals surface area contributed by atoms with Gasteiger partial charge < -0.3 is 15.7 Å². The third-order valence-electron chi connectivity index (χ3n) is 2.66. The van der Waals surface area contributed by atoms with E-state index >= 15 is 0 Å². The summed E-state index contributed by atoms with van der Waals surface area (Å²) in [4.78, 5) is 33.3. The van der Waals surface area contributed by atoms with Crippen LogP contribution in [0.5, 0.6) is 0 Å². The molecule has 3 N–H and O–H groups in total. The van der Waals surface area contributed by atoms with Crippen LogP contribution in [0.2, 0.25) is 5.02 Å². The van der Waals surface area contributed by atoms with Gasteiger partial charge in [0.2, 0.25) is 0 Å². The Morgan fingerprint density at radius 3 is 2.62 bits per heavy atom. The Labute approximate surface area is 125 Å². The predicted octanol–water partition coefficient (Wildman–Crippen LogP) is 1.07. The van der Waals surface area contributed by atoms with Gasteiger partial charge >= 0.3 is 11.8 Å². The lowest BCUT2D eigenvalue weighted by atomic mass is 10.2. The number of nitro groups is 1. The summed E-state index contributed by atoms with van der Waals surface area (Å²) in [5.74, 6) is -1.98. The first-order valence-electron chi connectivity index (χ1n) is 6.05. The molecule has 1 aromatic rings. The molecule has 0 saturated heterocycles. The van der Waals surface area contributed by atoms with E-state index in [-0.39, 0.29) is 23.0 Å². The number of nitrogens with zero attached hydrogens (tertiary/aromatic N) is 1. The second kappa shape index (κ2) is 7.55. The number of aliphatic hydroxyl groups is 1. The Morgan fingerprint density at radius 1 is 1.43 bits per heavy atom. The molecule has 2 amide bonds. The van der Waals surface area contributed by atoms with Crippen molar-refractivity contribution in [2.45, 2.75) is 19.4 Å². The van der Waals surface area contributed by atoms with Crippen LogP contribution in [0.1, 0.15) is 13.3 Å². The maximum atomic E-state index is 11.7. The number of benzene rings is 1. The molecule has 114 valence electrons. The van der Waals surface area contributed by atoms with Crippen molar-refractivity contribution in [1.29, 1.82) is 0 Å². The topological polar surface area (TPSA) is 122 Å². The van der Waals surface area contributed by atoms with Gasteiger partial charge in [0.15, 0.2) is 0 Å². The standard InChI is InChI=1S/C12H14ClN3O5/c1-2-7(6-17)14-11(18)12(19)15-10-5-8(16(20)21)3-4-9(10)13/h3-5,7,17H,2,6H2,1H3,(H,14,18)(H,15,19). The lowest BCUT2D eigenvalue weighted by Crippen LogP contribution is -2.43. The molecule has 0 heterocycles. The molecule has 8 nitrogen and oxygen atoms in total. The molecule has 0 saturated carbocycles. The first-order chi connectivity index (χ1) is 9.88. The molecule has 0 aliphatic heterocycles. The number of halogens is 1. The van der Waals surface area contributed by atoms with Gasteiger partial charge in [-0.3, -0.25) is 19.7 Å². The maximum absolute atomic E-state index is 11.7. The van der Waals surface area contributed by atoms with Gasteiger partial charge in [-0.2, -0.15) is 0 Å². The van der Waals surface area contributed by atoms with Crippen LogP contribution in [-0.4, -0.2) is 34.5 Å². The summed E-state index contributed by atoms with van der Waals surface area (Å²) in [5, 5.41) is 24.2. The molecule has 0 aliphatic rings. The minimum Gasteiger partial charge on any atom is -0.394 e. The van der Waals surface area contributed by atoms with Crippen molar-refractivity contribution in [3.63, 3.8) is 0 Å². The molecule has 0 fully saturated rings. The van der Waals surface area contributed by atoms with Crippen molar-refractivity contribution in [3.05, 3.63) is 33.3 Å². The van der Waals surface area contributed by atoms with Crippen molar-refractivity contribution in [2.24, 2.45) is 0 Å². The number of rotatable bonds is 5. The summed E-state index contributed by atoms with van der Waals surface area (Å²) >= 11 is 5.80. The normalized spacial score (nSPS) is 11.6. The van der Waals surface area contributed by atoms with Gasteiger partial charge in [-0.1, -0.05) is 18.5 Å². The average molecular weight is 316 g/mol. The van der Waals surface area contributed by atoms with Crippen molar-refractivity contribution in [3.8, 4) is 0 Å². The average Bonchev–Trinajstić information content (AvgIpc) is 2.46. The number of nitrogens with one attached hydrogen (secondary N) is 2. The zero-order valence-electron chi connectivity index (χ0n) is 11.1. The Balaban J connectivity index is 2.81. The van der Waals surface area contributed by atoms with Crippen LogP contribution in [0.15, 0.2) is 18.2 Å². The highest BCUT2D eigenvalue weighted by Crippen LogP contribution is 2.26. The Kier molecular flexibility index (Phi) is 6.07. The number of nitro benzene ring substituents is 1. The molecule has 1 atom stereocenters. The third-order valence-corrected chi connectivity index (χ3v) is 2.99. The molecule has 1 unspecified atom stereocenters. The highest BCUT2D eigenvalue weighted by atomic mass is 35.5. The molecule has 0 aromatic heterocycles. The third kappa shape index (κ3) is 4.69. The van der Waals surface area contributed by atoms with E-state index in [0.717, 1.165) is 6.07 Å². The molecule has 9 heteroatoms. The number of aliphatic hydroxyl groups excluding tert-OH is 1. The molecule has 0 spiro atoms. The second-order valence-corrected chi connectivity index (χ2v) is 4.54. The first-order valence-corrected chi connectivity index (χ1v) is 6.43. The molecule has 1 aromatic carbocycles. The summed E-state index contributed by atoms with van der Waals surface area (Å²) in [6.07, 6.45) is 0.451. The highest BCUT2D eigenvalue weighted by molar-refractivity contribution is 6.41. The summed E-state index contributed by atoms with van der Waals surface area (Å²) in [5.41, 5.74) is -0.306. The highest BCUT2D eigenvalue weighted by Gasteiger charge is 2.19. The van der Waals surface area contributed by atoms with Gasteiger partial charge in [-0.05, 0) is 12.5 Å². The van der Waals surface area contributed by atoms with Crippen molar-refractivity contribution < 1.29 is 19.6 Å². The van der Waals surface area contributed by atoms with Crippen LogP contribution in [0, 0.1) is 10.1 Å². The van der Waals surface area contributed by atoms with Gasteiger partial charge in [-0.15, -0.1) is 0 Å². The Morgan fingerprint density at radius 2 is 2.10 bits per heavy atom. The number of carbonyl (C=O) groups excluding carboxylic acids is 2. The number of anilines is 1. The van der Waals surface area contributed by atoms with Crippen LogP contribution in [-0.2, 0) is 9.59 Å². The molecule has 1 rings (SSSR count). The first kappa shape index (κ1) is 16.9. The predicted molar refractivity (Wildman–Crippen MR) is 76.0 cm³/mol. The Hall–Kier alpha value is -2.19. The van der Waals surface area contributed by atoms with Crippen LogP contribution < -0.4 is 10.6 Å². The number of amides is 2. The van der Waals surface area contributed by atoms with Gasteiger partial charge in [0.25, 0.3) is 5.69 Å². The van der Waals surface area contributed by atoms with Crippen LogP contribution in [0.3, 0.4) is 0 Å². The molecular weight excluding hydrogens is 302 g/mol. The quantitative estimate of drug-likeness (QED) is 0.426. The zero-order chi connectivity index (χ0) is 16.0. The molecule has 21 heavy (non-hydrogen) atoms. The lowest BCUT2D eigenvalue weighted by molar-refractivity contribution is -0.384. The van der Waals surface area contributed by atoms with Crippen molar-refractivity contribution in [2.75, 3.05) is 11.9 Å². The molecular formula is C12H14ClN3O5. The Bertz CT molecular complexity index is 560. The SMILES string of the molecule is CCC(CO)NC(=O)C(=O)Nc1cc([N+](=O)[O-])ccc1Cl. The fraction of sp³-hybridized carbons (Fsp3) is 0.333. The summed E-state index contributed by atoms with van der Waals surface area (Å²) < 4.78 is 0. The van der Waals surface area contributed by atoms with E-state index in [0.29, 0.717) is 6.42 Å². The van der Waals surface area contributed by atoms with Crippen LogP contribution in [0.4, 0.5) is 11.4 Å². The van der Waals surface area contributed by atoms with E-state index in [1.807, 2.05) is 0 Å². The van der Waals surface area contributed by atoms with E-state index in [4.69, 9.17) is 16.7 Å². The summed E-state index contributed by atoms with van der Waals surface area (Å²) in [6.45, 7) is 1.43. The van der Waals surface area contributed by atoms with Gasteiger partial charge in [0, 0.05) is 12.1 Å². The van der Waals surface area contributed by atoms with Gasteiger partial charge in [0.1, 0.15) is 0 Å². The number of hydrogen-bond acceptors (Lipinski definition) is 5. The molecule has 0 radical (unpaired) electrons. The van der Waals surface area contributed by atoms with Gasteiger partial charge in [0.05, 0.1) is 28.3 Å². The molecule has 0 bridgehead atoms. The van der Waals surface area contributed by atoms with E-state index in [1.54, 1.807) is 6.92 Å². The van der Waals surface area contributed by atoms with E-state index < -0.39 is 22.8 Å². The van der Waals surface area contributed by atoms with Gasteiger partial charge in [-0.25, -0.2) is 0 Å². The van der Waals surface area contributed by atoms with E-state index in [1.165, 1.54) is 12.1 Å². The zero-order valence-corrected chi connectivity index (χ0v) is 11.9. The maximum Gasteiger partial charge on any atom is 0.313 e. The van der Waals surface area contributed by atoms with Crippen LogP contribution >= 0.6 is 11.6 Å². The second-order valence-electron chi connectivity index (χ2n) is 4.14. The molecule has 0 aliphatic carbocycles. The fourth-order valence-electron chi connectivity index (χ4n) is 1.43.